The molecule has 0 aliphatic carbocycles. The van der Waals surface area contributed by atoms with E-state index in [9.17, 15) is 0 Å². The number of anilines is 1. The fourth-order valence-electron chi connectivity index (χ4n) is 2.40. The van der Waals surface area contributed by atoms with E-state index in [1.54, 1.807) is 13.1 Å². The van der Waals surface area contributed by atoms with Crippen LogP contribution in [0.4, 0.5) is 5.69 Å². The highest BCUT2D eigenvalue weighted by atomic mass is 16.5. The van der Waals surface area contributed by atoms with Crippen molar-refractivity contribution >= 4 is 17.1 Å². The van der Waals surface area contributed by atoms with Crippen molar-refractivity contribution in [2.75, 3.05) is 18.5 Å². The molecule has 0 bridgehead atoms. The SMILES string of the molecule is C=CC(=N)CNc1cc(-c2cccnc2OCC)nc(C(C)=N)c1C. The summed E-state index contributed by atoms with van der Waals surface area (Å²) in [5.74, 6) is 0.514. The van der Waals surface area contributed by atoms with Gasteiger partial charge in [-0.05, 0) is 50.6 Å². The van der Waals surface area contributed by atoms with Crippen LogP contribution in [0.3, 0.4) is 0 Å². The lowest BCUT2D eigenvalue weighted by molar-refractivity contribution is 0.328. The first-order valence-electron chi connectivity index (χ1n) is 8.07. The van der Waals surface area contributed by atoms with Crippen LogP contribution >= 0.6 is 0 Å². The second-order valence-electron chi connectivity index (χ2n) is 5.53. The normalized spacial score (nSPS) is 10.2. The first-order valence-corrected chi connectivity index (χ1v) is 8.07. The maximum absolute atomic E-state index is 8.02. The van der Waals surface area contributed by atoms with Gasteiger partial charge in [-0.25, -0.2) is 9.97 Å². The summed E-state index contributed by atoms with van der Waals surface area (Å²) in [6.07, 6.45) is 3.18. The predicted octanol–water partition coefficient (Wildman–Crippen LogP) is 3.86. The van der Waals surface area contributed by atoms with Crippen LogP contribution < -0.4 is 10.1 Å². The van der Waals surface area contributed by atoms with E-state index in [0.717, 1.165) is 16.8 Å². The van der Waals surface area contributed by atoms with Crippen LogP contribution in [-0.4, -0.2) is 34.5 Å². The number of hydrogen-bond acceptors (Lipinski definition) is 6. The van der Waals surface area contributed by atoms with Crippen molar-refractivity contribution in [1.82, 2.24) is 9.97 Å². The van der Waals surface area contributed by atoms with Crippen molar-refractivity contribution in [3.8, 4) is 17.1 Å². The van der Waals surface area contributed by atoms with Crippen LogP contribution in [0.25, 0.3) is 11.3 Å². The number of nitrogens with one attached hydrogen (secondary N) is 3. The lowest BCUT2D eigenvalue weighted by atomic mass is 10.1. The summed E-state index contributed by atoms with van der Waals surface area (Å²) in [5.41, 5.74) is 4.52. The van der Waals surface area contributed by atoms with Gasteiger partial charge < -0.3 is 20.9 Å². The van der Waals surface area contributed by atoms with Gasteiger partial charge in [0.05, 0.1) is 35.8 Å². The first-order chi connectivity index (χ1) is 12.0. The summed E-state index contributed by atoms with van der Waals surface area (Å²) >= 11 is 0. The summed E-state index contributed by atoms with van der Waals surface area (Å²) in [4.78, 5) is 8.91. The number of nitrogens with zero attached hydrogens (tertiary/aromatic N) is 2. The second kappa shape index (κ2) is 8.19. The molecule has 6 nitrogen and oxygen atoms in total. The molecule has 0 atom stereocenters. The number of ether oxygens (including phenoxy) is 1. The highest BCUT2D eigenvalue weighted by molar-refractivity contribution is 5.99. The topological polar surface area (TPSA) is 94.7 Å². The maximum Gasteiger partial charge on any atom is 0.222 e. The standard InChI is InChI=1S/C19H23N5O/c1-5-14(21)11-23-16-10-17(24-18(12(16)3)13(4)20)15-8-7-9-22-19(15)25-6-2/h5,7-10,20-21H,1,6,11H2,2-4H3,(H,23,24). The molecule has 0 aromatic carbocycles. The van der Waals surface area contributed by atoms with E-state index in [1.165, 1.54) is 6.08 Å². The summed E-state index contributed by atoms with van der Waals surface area (Å²) in [6, 6.07) is 5.63. The molecule has 0 aliphatic rings. The van der Waals surface area contributed by atoms with E-state index in [2.05, 4.69) is 21.9 Å². The predicted molar refractivity (Wildman–Crippen MR) is 102 cm³/mol. The fraction of sp³-hybridized carbons (Fsp3) is 0.263. The summed E-state index contributed by atoms with van der Waals surface area (Å²) in [6.45, 7) is 10.00. The third kappa shape index (κ3) is 4.29. The van der Waals surface area contributed by atoms with Gasteiger partial charge in [0.15, 0.2) is 0 Å². The summed E-state index contributed by atoms with van der Waals surface area (Å²) in [7, 11) is 0. The van der Waals surface area contributed by atoms with Gasteiger partial charge in [-0.2, -0.15) is 0 Å². The Kier molecular flexibility index (Phi) is 6.00. The van der Waals surface area contributed by atoms with E-state index >= 15 is 0 Å². The van der Waals surface area contributed by atoms with Crippen LogP contribution in [0.1, 0.15) is 25.1 Å². The largest absolute Gasteiger partial charge is 0.477 e. The molecule has 0 saturated heterocycles. The number of hydrogen-bond donors (Lipinski definition) is 3. The lowest BCUT2D eigenvalue weighted by Crippen LogP contribution is -2.13. The Morgan fingerprint density at radius 3 is 2.80 bits per heavy atom. The van der Waals surface area contributed by atoms with Crippen molar-refractivity contribution < 1.29 is 4.74 Å². The van der Waals surface area contributed by atoms with E-state index < -0.39 is 0 Å². The Hall–Kier alpha value is -3.02. The maximum atomic E-state index is 8.02. The van der Waals surface area contributed by atoms with Gasteiger partial charge >= 0.3 is 0 Å². The smallest absolute Gasteiger partial charge is 0.222 e. The molecule has 130 valence electrons. The van der Waals surface area contributed by atoms with Crippen molar-refractivity contribution in [2.45, 2.75) is 20.8 Å². The van der Waals surface area contributed by atoms with Crippen LogP contribution in [0.2, 0.25) is 0 Å². The van der Waals surface area contributed by atoms with E-state index in [4.69, 9.17) is 15.6 Å². The van der Waals surface area contributed by atoms with Gasteiger partial charge in [-0.3, -0.25) is 0 Å². The first kappa shape index (κ1) is 18.3. The van der Waals surface area contributed by atoms with Crippen molar-refractivity contribution in [3.05, 3.63) is 48.3 Å². The van der Waals surface area contributed by atoms with E-state index in [-0.39, 0.29) is 0 Å². The van der Waals surface area contributed by atoms with Crippen LogP contribution in [0.15, 0.2) is 37.1 Å². The third-order valence-corrected chi connectivity index (χ3v) is 3.67. The Labute approximate surface area is 148 Å². The molecular weight excluding hydrogens is 314 g/mol. The van der Waals surface area contributed by atoms with Crippen molar-refractivity contribution in [3.63, 3.8) is 0 Å². The molecule has 0 spiro atoms. The van der Waals surface area contributed by atoms with Gasteiger partial charge in [-0.1, -0.05) is 6.58 Å². The highest BCUT2D eigenvalue weighted by Crippen LogP contribution is 2.30. The molecule has 0 radical (unpaired) electrons. The van der Waals surface area contributed by atoms with Crippen molar-refractivity contribution in [2.24, 2.45) is 0 Å². The average Bonchev–Trinajstić information content (AvgIpc) is 2.61. The molecule has 25 heavy (non-hydrogen) atoms. The zero-order valence-corrected chi connectivity index (χ0v) is 14.8. The summed E-state index contributed by atoms with van der Waals surface area (Å²) in [5, 5.41) is 19.0. The molecule has 0 aliphatic heterocycles. The molecule has 0 saturated carbocycles. The molecule has 2 aromatic rings. The Morgan fingerprint density at radius 2 is 2.16 bits per heavy atom. The Balaban J connectivity index is 2.55. The molecular formula is C19H23N5O. The highest BCUT2D eigenvalue weighted by Gasteiger charge is 2.15. The van der Waals surface area contributed by atoms with Gasteiger partial charge in [0.2, 0.25) is 5.88 Å². The molecule has 2 aromatic heterocycles. The monoisotopic (exact) mass is 337 g/mol. The Bertz CT molecular complexity index is 813. The molecule has 2 heterocycles. The minimum absolute atomic E-state index is 0.357. The average molecular weight is 337 g/mol. The second-order valence-corrected chi connectivity index (χ2v) is 5.53. The van der Waals surface area contributed by atoms with Crippen molar-refractivity contribution in [1.29, 1.82) is 10.8 Å². The van der Waals surface area contributed by atoms with E-state index in [1.807, 2.05) is 32.0 Å². The summed E-state index contributed by atoms with van der Waals surface area (Å²) < 4.78 is 5.60. The van der Waals surface area contributed by atoms with E-state index in [0.29, 0.717) is 41.8 Å². The minimum atomic E-state index is 0.357. The van der Waals surface area contributed by atoms with Gasteiger partial charge in [0.1, 0.15) is 0 Å². The number of rotatable bonds is 8. The lowest BCUT2D eigenvalue weighted by Gasteiger charge is -2.16. The van der Waals surface area contributed by atoms with Gasteiger partial charge in [0, 0.05) is 17.6 Å². The minimum Gasteiger partial charge on any atom is -0.477 e. The molecule has 0 amide bonds. The molecule has 0 unspecified atom stereocenters. The zero-order chi connectivity index (χ0) is 18.4. The van der Waals surface area contributed by atoms with Crippen LogP contribution in [0, 0.1) is 17.7 Å². The number of pyridine rings is 2. The Morgan fingerprint density at radius 1 is 1.40 bits per heavy atom. The van der Waals surface area contributed by atoms with Gasteiger partial charge in [0.25, 0.3) is 0 Å². The molecule has 0 fully saturated rings. The quantitative estimate of drug-likeness (QED) is 0.638. The zero-order valence-electron chi connectivity index (χ0n) is 14.8. The van der Waals surface area contributed by atoms with Crippen LogP contribution in [-0.2, 0) is 0 Å². The third-order valence-electron chi connectivity index (χ3n) is 3.67. The number of aromatic nitrogens is 2. The van der Waals surface area contributed by atoms with Gasteiger partial charge in [-0.15, -0.1) is 0 Å². The molecule has 6 heteroatoms. The van der Waals surface area contributed by atoms with Crippen LogP contribution in [0.5, 0.6) is 5.88 Å². The molecule has 2 rings (SSSR count). The fourth-order valence-corrected chi connectivity index (χ4v) is 2.40. The molecule has 3 N–H and O–H groups in total.